The molecule has 3 aliphatic rings. The first-order valence-corrected chi connectivity index (χ1v) is 15.1. The number of amides is 1. The number of piperidine rings is 1. The molecule has 3 fully saturated rings. The third-order valence-corrected chi connectivity index (χ3v) is 9.76. The number of pyridine rings is 1. The van der Waals surface area contributed by atoms with E-state index in [1.54, 1.807) is 0 Å². The summed E-state index contributed by atoms with van der Waals surface area (Å²) in [7, 11) is 0. The molecule has 200 valence electrons. The summed E-state index contributed by atoms with van der Waals surface area (Å²) in [6.45, 7) is 6.85. The van der Waals surface area contributed by atoms with Crippen LogP contribution in [-0.2, 0) is 16.6 Å². The second-order valence-corrected chi connectivity index (χ2v) is 12.4. The molecule has 2 saturated heterocycles. The Morgan fingerprint density at radius 2 is 1.89 bits per heavy atom. The fourth-order valence-electron chi connectivity index (χ4n) is 7.49. The van der Waals surface area contributed by atoms with Crippen molar-refractivity contribution in [2.24, 2.45) is 11.8 Å². The summed E-state index contributed by atoms with van der Waals surface area (Å²) in [6.07, 6.45) is 11.9. The minimum absolute atomic E-state index is 0.0757. The van der Waals surface area contributed by atoms with Crippen LogP contribution in [0.25, 0.3) is 0 Å². The summed E-state index contributed by atoms with van der Waals surface area (Å²) >= 11 is 6.30. The van der Waals surface area contributed by atoms with Gasteiger partial charge in [0.1, 0.15) is 5.15 Å². The lowest BCUT2D eigenvalue weighted by molar-refractivity contribution is -0.141. The van der Waals surface area contributed by atoms with Crippen molar-refractivity contribution in [2.75, 3.05) is 19.6 Å². The highest BCUT2D eigenvalue weighted by atomic mass is 35.5. The molecule has 1 aromatic carbocycles. The Morgan fingerprint density at radius 3 is 2.65 bits per heavy atom. The zero-order chi connectivity index (χ0) is 25.8. The number of carbonyl (C=O) groups excluding carboxylic acids is 1. The molecule has 5 rings (SSSR count). The molecule has 3 heterocycles. The molecule has 1 aromatic heterocycles. The number of likely N-dealkylation sites (tertiary alicyclic amines) is 1. The predicted molar refractivity (Wildman–Crippen MR) is 152 cm³/mol. The zero-order valence-corrected chi connectivity index (χ0v) is 23.5. The molecule has 2 aliphatic heterocycles. The molecule has 4 nitrogen and oxygen atoms in total. The van der Waals surface area contributed by atoms with Crippen molar-refractivity contribution < 1.29 is 4.79 Å². The minimum atomic E-state index is -0.273. The molecular formula is C32H44ClN3O. The summed E-state index contributed by atoms with van der Waals surface area (Å²) in [6, 6.07) is 15.3. The van der Waals surface area contributed by atoms with Crippen LogP contribution < -0.4 is 5.32 Å². The number of aryl methyl sites for hydroxylation is 1. The summed E-state index contributed by atoms with van der Waals surface area (Å²) in [5, 5.41) is 4.13. The van der Waals surface area contributed by atoms with Crippen LogP contribution in [0.5, 0.6) is 0 Å². The van der Waals surface area contributed by atoms with Gasteiger partial charge in [0.05, 0.1) is 5.92 Å². The fourth-order valence-corrected chi connectivity index (χ4v) is 7.65. The number of hydrogen-bond donors (Lipinski definition) is 1. The minimum Gasteiger partial charge on any atom is -0.339 e. The normalized spacial score (nSPS) is 28.9. The molecule has 0 radical (unpaired) electrons. The first-order valence-electron chi connectivity index (χ1n) is 14.7. The number of halogens is 1. The van der Waals surface area contributed by atoms with Crippen molar-refractivity contribution in [3.05, 3.63) is 64.4 Å². The molecule has 0 bridgehead atoms. The van der Waals surface area contributed by atoms with Crippen molar-refractivity contribution in [3.8, 4) is 0 Å². The van der Waals surface area contributed by atoms with Gasteiger partial charge in [-0.05, 0) is 54.7 Å². The van der Waals surface area contributed by atoms with Crippen LogP contribution in [0.15, 0.2) is 42.5 Å². The smallest absolute Gasteiger partial charge is 0.228 e. The third kappa shape index (κ3) is 5.76. The van der Waals surface area contributed by atoms with Gasteiger partial charge in [0, 0.05) is 36.8 Å². The Balaban J connectivity index is 1.41. The van der Waals surface area contributed by atoms with E-state index in [1.165, 1.54) is 43.2 Å². The van der Waals surface area contributed by atoms with Gasteiger partial charge in [0.25, 0.3) is 0 Å². The summed E-state index contributed by atoms with van der Waals surface area (Å²) in [5.74, 6) is 1.57. The van der Waals surface area contributed by atoms with E-state index in [-0.39, 0.29) is 11.3 Å². The number of nitrogens with one attached hydrogen (secondary N) is 1. The Morgan fingerprint density at radius 1 is 1.11 bits per heavy atom. The standard InChI is InChI=1S/C32H44ClN3O/c1-3-10-29-27(15-16-30(33)35-29)32(2)22-34-21-28(32)31(37)36-18-17-25(24-13-8-5-9-14-24)20-26(36)19-23-11-6-4-7-12-23/h5,8-9,13-16,23,25-26,28,34H,3-4,6-7,10-12,17-22H2,1-2H3. The Kier molecular flexibility index (Phi) is 8.56. The van der Waals surface area contributed by atoms with Gasteiger partial charge in [0.15, 0.2) is 0 Å². The highest BCUT2D eigenvalue weighted by molar-refractivity contribution is 6.29. The predicted octanol–water partition coefficient (Wildman–Crippen LogP) is 6.91. The number of aromatic nitrogens is 1. The van der Waals surface area contributed by atoms with Crippen molar-refractivity contribution in [3.63, 3.8) is 0 Å². The molecule has 37 heavy (non-hydrogen) atoms. The van der Waals surface area contributed by atoms with E-state index in [9.17, 15) is 4.79 Å². The van der Waals surface area contributed by atoms with E-state index >= 15 is 0 Å². The SMILES string of the molecule is CCCc1nc(Cl)ccc1C1(C)CNCC1C(=O)N1CCC(c2ccccc2)CC1CC1CCCCC1. The zero-order valence-electron chi connectivity index (χ0n) is 22.7. The lowest BCUT2D eigenvalue weighted by Crippen LogP contribution is -2.52. The third-order valence-electron chi connectivity index (χ3n) is 9.55. The molecule has 4 atom stereocenters. The van der Waals surface area contributed by atoms with Crippen LogP contribution in [0.1, 0.15) is 94.4 Å². The average Bonchev–Trinajstić information content (AvgIpc) is 3.32. The summed E-state index contributed by atoms with van der Waals surface area (Å²) in [5.41, 5.74) is 3.42. The number of hydrogen-bond acceptors (Lipinski definition) is 3. The Hall–Kier alpha value is -1.91. The largest absolute Gasteiger partial charge is 0.339 e. The molecule has 4 unspecified atom stereocenters. The molecular weight excluding hydrogens is 478 g/mol. The van der Waals surface area contributed by atoms with Gasteiger partial charge in [0.2, 0.25) is 5.91 Å². The monoisotopic (exact) mass is 521 g/mol. The topological polar surface area (TPSA) is 45.2 Å². The van der Waals surface area contributed by atoms with Crippen LogP contribution in [-0.4, -0.2) is 41.5 Å². The molecule has 1 amide bonds. The average molecular weight is 522 g/mol. The first kappa shape index (κ1) is 26.7. The summed E-state index contributed by atoms with van der Waals surface area (Å²) < 4.78 is 0. The quantitative estimate of drug-likeness (QED) is 0.402. The maximum atomic E-state index is 14.5. The van der Waals surface area contributed by atoms with E-state index in [1.807, 2.05) is 6.07 Å². The van der Waals surface area contributed by atoms with E-state index in [0.717, 1.165) is 63.4 Å². The van der Waals surface area contributed by atoms with Crippen molar-refractivity contribution in [1.82, 2.24) is 15.2 Å². The Bertz CT molecular complexity index is 1050. The van der Waals surface area contributed by atoms with Gasteiger partial charge in [-0.15, -0.1) is 0 Å². The maximum Gasteiger partial charge on any atom is 0.228 e. The number of rotatable bonds is 7. The molecule has 5 heteroatoms. The molecule has 1 aliphatic carbocycles. The molecule has 1 saturated carbocycles. The van der Waals surface area contributed by atoms with Crippen molar-refractivity contribution in [2.45, 2.75) is 95.4 Å². The lowest BCUT2D eigenvalue weighted by Gasteiger charge is -2.44. The molecule has 2 aromatic rings. The van der Waals surface area contributed by atoms with Crippen LogP contribution in [0.4, 0.5) is 0 Å². The van der Waals surface area contributed by atoms with E-state index < -0.39 is 0 Å². The fraction of sp³-hybridized carbons (Fsp3) is 0.625. The second kappa shape index (κ2) is 11.9. The van der Waals surface area contributed by atoms with Crippen molar-refractivity contribution in [1.29, 1.82) is 0 Å². The molecule has 1 N–H and O–H groups in total. The summed E-state index contributed by atoms with van der Waals surface area (Å²) in [4.78, 5) is 21.5. The van der Waals surface area contributed by atoms with Crippen LogP contribution in [0.3, 0.4) is 0 Å². The highest BCUT2D eigenvalue weighted by Gasteiger charge is 2.48. The van der Waals surface area contributed by atoms with E-state index in [2.05, 4.69) is 60.5 Å². The van der Waals surface area contributed by atoms with E-state index in [4.69, 9.17) is 16.6 Å². The van der Waals surface area contributed by atoms with Gasteiger partial charge in [-0.3, -0.25) is 4.79 Å². The van der Waals surface area contributed by atoms with Crippen molar-refractivity contribution >= 4 is 17.5 Å². The lowest BCUT2D eigenvalue weighted by atomic mass is 9.71. The van der Waals surface area contributed by atoms with Gasteiger partial charge in [-0.2, -0.15) is 0 Å². The van der Waals surface area contributed by atoms with Crippen LogP contribution in [0, 0.1) is 11.8 Å². The first-order chi connectivity index (χ1) is 18.0. The van der Waals surface area contributed by atoms with Gasteiger partial charge in [-0.1, -0.05) is 100 Å². The number of nitrogens with zero attached hydrogens (tertiary/aromatic N) is 2. The van der Waals surface area contributed by atoms with Gasteiger partial charge >= 0.3 is 0 Å². The van der Waals surface area contributed by atoms with Gasteiger partial charge in [-0.25, -0.2) is 4.98 Å². The highest BCUT2D eigenvalue weighted by Crippen LogP contribution is 2.42. The van der Waals surface area contributed by atoms with Crippen LogP contribution in [0.2, 0.25) is 5.15 Å². The second-order valence-electron chi connectivity index (χ2n) is 12.0. The maximum absolute atomic E-state index is 14.5. The molecule has 0 spiro atoms. The number of benzene rings is 1. The van der Waals surface area contributed by atoms with Gasteiger partial charge < -0.3 is 10.2 Å². The van der Waals surface area contributed by atoms with Crippen LogP contribution >= 0.6 is 11.6 Å². The van der Waals surface area contributed by atoms with E-state index in [0.29, 0.717) is 23.0 Å². The Labute approximate surface area is 228 Å². The number of carbonyl (C=O) groups is 1.